The van der Waals surface area contributed by atoms with E-state index in [9.17, 15) is 19.5 Å². The highest BCUT2D eigenvalue weighted by Crippen LogP contribution is 2.71. The molecule has 4 fully saturated rings. The maximum atomic E-state index is 12.6. The van der Waals surface area contributed by atoms with Crippen LogP contribution >= 0.6 is 0 Å². The summed E-state index contributed by atoms with van der Waals surface area (Å²) < 4.78 is 16.6. The van der Waals surface area contributed by atoms with E-state index in [2.05, 4.69) is 13.8 Å². The van der Waals surface area contributed by atoms with Gasteiger partial charge in [0.25, 0.3) is 0 Å². The fourth-order valence-corrected chi connectivity index (χ4v) is 8.99. The second kappa shape index (κ2) is 8.46. The maximum absolute atomic E-state index is 12.6. The number of esters is 2. The summed E-state index contributed by atoms with van der Waals surface area (Å²) in [5, 5.41) is 12.6. The van der Waals surface area contributed by atoms with E-state index in [1.165, 1.54) is 26.2 Å². The van der Waals surface area contributed by atoms with E-state index >= 15 is 0 Å². The van der Waals surface area contributed by atoms with Crippen LogP contribution in [0.15, 0.2) is 27.6 Å². The molecule has 1 aromatic rings. The summed E-state index contributed by atoms with van der Waals surface area (Å²) in [6.45, 7) is 7.41. The van der Waals surface area contributed by atoms with Crippen molar-refractivity contribution in [2.24, 2.45) is 28.6 Å². The largest absolute Gasteiger partial charge is 0.463 e. The Morgan fingerprint density at radius 3 is 2.40 bits per heavy atom. The lowest BCUT2D eigenvalue weighted by atomic mass is 9.43. The highest BCUT2D eigenvalue weighted by Gasteiger charge is 2.70. The van der Waals surface area contributed by atoms with Gasteiger partial charge in [-0.1, -0.05) is 13.8 Å². The van der Waals surface area contributed by atoms with Crippen LogP contribution in [-0.4, -0.2) is 34.9 Å². The first-order chi connectivity index (χ1) is 16.5. The number of hydrogen-bond acceptors (Lipinski definition) is 7. The Bertz CT molecular complexity index is 1040. The van der Waals surface area contributed by atoms with Crippen molar-refractivity contribution < 1.29 is 28.6 Å². The molecule has 0 saturated heterocycles. The molecular weight excluding hydrogens is 448 g/mol. The lowest BCUT2D eigenvalue weighted by Crippen LogP contribution is -2.62. The monoisotopic (exact) mass is 486 g/mol. The Morgan fingerprint density at radius 2 is 1.74 bits per heavy atom. The van der Waals surface area contributed by atoms with Gasteiger partial charge < -0.3 is 19.0 Å². The molecule has 192 valence electrons. The second-order valence-electron chi connectivity index (χ2n) is 12.1. The predicted octanol–water partition coefficient (Wildman–Crippen LogP) is 4.35. The zero-order chi connectivity index (χ0) is 25.2. The Labute approximate surface area is 206 Å². The van der Waals surface area contributed by atoms with E-state index in [-0.39, 0.29) is 35.3 Å². The van der Waals surface area contributed by atoms with E-state index < -0.39 is 22.7 Å². The smallest absolute Gasteiger partial charge is 0.335 e. The van der Waals surface area contributed by atoms with Crippen molar-refractivity contribution >= 4 is 11.9 Å². The van der Waals surface area contributed by atoms with Gasteiger partial charge in [0.1, 0.15) is 12.2 Å². The molecule has 4 saturated carbocycles. The molecule has 0 amide bonds. The summed E-state index contributed by atoms with van der Waals surface area (Å²) in [4.78, 5) is 35.2. The van der Waals surface area contributed by atoms with Crippen molar-refractivity contribution in [3.8, 4) is 0 Å². The molecule has 0 aliphatic heterocycles. The molecule has 0 aromatic carbocycles. The second-order valence-corrected chi connectivity index (χ2v) is 12.1. The van der Waals surface area contributed by atoms with Crippen LogP contribution in [0, 0.1) is 28.6 Å². The lowest BCUT2D eigenvalue weighted by Gasteiger charge is -2.63. The summed E-state index contributed by atoms with van der Waals surface area (Å²) in [6.07, 6.45) is 7.86. The van der Waals surface area contributed by atoms with E-state index in [1.54, 1.807) is 6.07 Å². The number of fused-ring (bicyclic) bond motifs is 5. The van der Waals surface area contributed by atoms with Crippen LogP contribution in [0.2, 0.25) is 0 Å². The third-order valence-electron chi connectivity index (χ3n) is 10.5. The zero-order valence-corrected chi connectivity index (χ0v) is 21.2. The Morgan fingerprint density at radius 1 is 1.00 bits per heavy atom. The molecule has 4 aliphatic rings. The first-order valence-electron chi connectivity index (χ1n) is 13.1. The molecule has 4 aliphatic carbocycles. The molecule has 0 spiro atoms. The van der Waals surface area contributed by atoms with Crippen molar-refractivity contribution in [1.82, 2.24) is 0 Å². The SMILES string of the molecule is CC(=O)O[C@@H]1CC[C@@]2(C)[C@H](CC[C@@H]3[C@@H]2CC[C@]2(C)[C@@H](c4ccc(=O)oc4)[C@@H](OC(C)=O)C[C@@]32O)C1. The summed E-state index contributed by atoms with van der Waals surface area (Å²) >= 11 is 0. The van der Waals surface area contributed by atoms with Gasteiger partial charge in [-0.25, -0.2) is 4.79 Å². The summed E-state index contributed by atoms with van der Waals surface area (Å²) in [5.74, 6) is 0.126. The van der Waals surface area contributed by atoms with Crippen LogP contribution in [-0.2, 0) is 19.1 Å². The zero-order valence-electron chi connectivity index (χ0n) is 21.2. The van der Waals surface area contributed by atoms with Crippen LogP contribution in [0.4, 0.5) is 0 Å². The van der Waals surface area contributed by atoms with E-state index in [1.807, 2.05) is 0 Å². The van der Waals surface area contributed by atoms with E-state index in [0.717, 1.165) is 50.5 Å². The fourth-order valence-electron chi connectivity index (χ4n) is 8.99. The molecule has 35 heavy (non-hydrogen) atoms. The molecule has 0 unspecified atom stereocenters. The summed E-state index contributed by atoms with van der Waals surface area (Å²) in [7, 11) is 0. The van der Waals surface area contributed by atoms with Gasteiger partial charge in [0, 0.05) is 37.7 Å². The average molecular weight is 487 g/mol. The molecule has 1 heterocycles. The van der Waals surface area contributed by atoms with Gasteiger partial charge in [-0.05, 0) is 79.7 Å². The van der Waals surface area contributed by atoms with Gasteiger partial charge in [-0.2, -0.15) is 0 Å². The molecule has 0 radical (unpaired) electrons. The minimum absolute atomic E-state index is 0.00369. The van der Waals surface area contributed by atoms with Crippen molar-refractivity contribution in [3.63, 3.8) is 0 Å². The number of ether oxygens (including phenoxy) is 2. The van der Waals surface area contributed by atoms with Gasteiger partial charge in [0.05, 0.1) is 11.9 Å². The summed E-state index contributed by atoms with van der Waals surface area (Å²) in [6, 6.07) is 3.16. The highest BCUT2D eigenvalue weighted by molar-refractivity contribution is 5.66. The van der Waals surface area contributed by atoms with Crippen molar-refractivity contribution in [1.29, 1.82) is 0 Å². The standard InChI is InChI=1S/C28H38O7/c1-16(29)34-20-9-11-26(3)19(13-20)6-7-22-21(26)10-12-27(4)25(18-5-8-24(31)33-15-18)23(35-17(2)30)14-28(22,27)32/h5,8,15,19-23,25,32H,6-7,9-14H2,1-4H3/t19-,20-,21+,22-,23+,25+,26+,27-,28-/m1/s1. The van der Waals surface area contributed by atoms with Gasteiger partial charge in [0.15, 0.2) is 0 Å². The number of carbonyl (C=O) groups excluding carboxylic acids is 2. The minimum atomic E-state index is -0.989. The van der Waals surface area contributed by atoms with Crippen LogP contribution in [0.3, 0.4) is 0 Å². The minimum Gasteiger partial charge on any atom is -0.463 e. The van der Waals surface area contributed by atoms with Crippen LogP contribution in [0.5, 0.6) is 0 Å². The third kappa shape index (κ3) is 3.76. The lowest BCUT2D eigenvalue weighted by molar-refractivity contribution is -0.207. The fraction of sp³-hybridized carbons (Fsp3) is 0.750. The van der Waals surface area contributed by atoms with Crippen molar-refractivity contribution in [2.45, 2.75) is 103 Å². The molecule has 7 heteroatoms. The van der Waals surface area contributed by atoms with Gasteiger partial charge >= 0.3 is 17.6 Å². The normalized spacial score (nSPS) is 44.5. The van der Waals surface area contributed by atoms with Gasteiger partial charge in [0.2, 0.25) is 0 Å². The van der Waals surface area contributed by atoms with E-state index in [0.29, 0.717) is 18.3 Å². The van der Waals surface area contributed by atoms with Crippen molar-refractivity contribution in [3.05, 3.63) is 34.4 Å². The first-order valence-corrected chi connectivity index (χ1v) is 13.1. The first kappa shape index (κ1) is 24.5. The Balaban J connectivity index is 1.48. The molecular formula is C28H38O7. The molecule has 5 rings (SSSR count). The van der Waals surface area contributed by atoms with Crippen LogP contribution in [0.1, 0.15) is 90.5 Å². The summed E-state index contributed by atoms with van der Waals surface area (Å²) in [5.41, 5.74) is -1.03. The number of aliphatic hydroxyl groups is 1. The maximum Gasteiger partial charge on any atom is 0.335 e. The van der Waals surface area contributed by atoms with Gasteiger partial charge in [-0.3, -0.25) is 9.59 Å². The quantitative estimate of drug-likeness (QED) is 0.634. The topological polar surface area (TPSA) is 103 Å². The Kier molecular flexibility index (Phi) is 5.93. The molecule has 9 atom stereocenters. The van der Waals surface area contributed by atoms with Crippen LogP contribution in [0.25, 0.3) is 0 Å². The van der Waals surface area contributed by atoms with Crippen LogP contribution < -0.4 is 5.63 Å². The third-order valence-corrected chi connectivity index (χ3v) is 10.5. The molecule has 1 N–H and O–H groups in total. The molecule has 7 nitrogen and oxygen atoms in total. The number of rotatable bonds is 3. The molecule has 1 aromatic heterocycles. The highest BCUT2D eigenvalue weighted by atomic mass is 16.5. The van der Waals surface area contributed by atoms with Gasteiger partial charge in [-0.15, -0.1) is 0 Å². The average Bonchev–Trinajstić information content (AvgIpc) is 3.00. The predicted molar refractivity (Wildman–Crippen MR) is 127 cm³/mol. The number of carbonyl (C=O) groups is 2. The Hall–Kier alpha value is -2.15. The number of hydrogen-bond donors (Lipinski definition) is 1. The molecule has 0 bridgehead atoms. The van der Waals surface area contributed by atoms with E-state index in [4.69, 9.17) is 13.9 Å². The van der Waals surface area contributed by atoms with Crippen molar-refractivity contribution in [2.75, 3.05) is 0 Å².